The van der Waals surface area contributed by atoms with Crippen molar-refractivity contribution in [3.05, 3.63) is 65.1 Å². The highest BCUT2D eigenvalue weighted by molar-refractivity contribution is 5.91. The van der Waals surface area contributed by atoms with Gasteiger partial charge >= 0.3 is 6.18 Å². The molecule has 9 heteroatoms. The van der Waals surface area contributed by atoms with Gasteiger partial charge in [0.15, 0.2) is 11.6 Å². The Labute approximate surface area is 168 Å². The van der Waals surface area contributed by atoms with Gasteiger partial charge in [-0.25, -0.2) is 14.4 Å². The maximum atomic E-state index is 14.0. The molecule has 0 spiro atoms. The highest BCUT2D eigenvalue weighted by Gasteiger charge is 2.34. The summed E-state index contributed by atoms with van der Waals surface area (Å²) in [6.45, 7) is 0. The number of benzene rings is 2. The number of aryl methyl sites for hydroxylation is 1. The van der Waals surface area contributed by atoms with E-state index in [1.807, 2.05) is 0 Å². The number of halogens is 4. The Morgan fingerprint density at radius 2 is 1.77 bits per heavy atom. The number of hydrogen-bond acceptors (Lipinski definition) is 4. The molecule has 2 aromatic heterocycles. The Morgan fingerprint density at radius 3 is 2.60 bits per heavy atom. The van der Waals surface area contributed by atoms with Crippen LogP contribution < -0.4 is 5.32 Å². The topological polar surface area (TPSA) is 66.5 Å². The molecular formula is C21H15F4N5. The van der Waals surface area contributed by atoms with E-state index in [4.69, 9.17) is 0 Å². The van der Waals surface area contributed by atoms with Crippen LogP contribution >= 0.6 is 0 Å². The van der Waals surface area contributed by atoms with Crippen molar-refractivity contribution in [2.24, 2.45) is 0 Å². The molecule has 0 fully saturated rings. The molecule has 2 heterocycles. The van der Waals surface area contributed by atoms with Gasteiger partial charge in [0.25, 0.3) is 0 Å². The Kier molecular flexibility index (Phi) is 4.19. The van der Waals surface area contributed by atoms with E-state index in [-0.39, 0.29) is 16.9 Å². The predicted molar refractivity (Wildman–Crippen MR) is 104 cm³/mol. The van der Waals surface area contributed by atoms with Crippen molar-refractivity contribution in [1.82, 2.24) is 20.2 Å². The number of hydrogen-bond donors (Lipinski definition) is 2. The Morgan fingerprint density at radius 1 is 0.933 bits per heavy atom. The van der Waals surface area contributed by atoms with Gasteiger partial charge in [0.2, 0.25) is 0 Å². The maximum absolute atomic E-state index is 14.0. The van der Waals surface area contributed by atoms with Gasteiger partial charge < -0.3 is 5.32 Å². The standard InChI is InChI=1S/C21H15F4N5/c22-15-9-3-7-13-17(15)29-30-20(13)28-19-12-6-4-10-16(12)26-18(27-19)11-5-1-2-8-14(11)21(23,24)25/h1-3,5,7-9H,4,6,10H2,(H2,26,27,28,29,30). The third-order valence-corrected chi connectivity index (χ3v) is 5.19. The van der Waals surface area contributed by atoms with E-state index in [0.717, 1.165) is 18.1 Å². The molecule has 0 unspecified atom stereocenters. The van der Waals surface area contributed by atoms with Crippen LogP contribution in [0.2, 0.25) is 0 Å². The van der Waals surface area contributed by atoms with Crippen LogP contribution in [-0.2, 0) is 19.0 Å². The van der Waals surface area contributed by atoms with Crippen LogP contribution in [0.3, 0.4) is 0 Å². The SMILES string of the molecule is Fc1cccc2c(Nc3nc(-c4ccccc4C(F)(F)F)nc4c3CCC4)n[nH]c12. The van der Waals surface area contributed by atoms with Gasteiger partial charge in [0, 0.05) is 22.2 Å². The molecule has 0 saturated carbocycles. The average molecular weight is 413 g/mol. The van der Waals surface area contributed by atoms with Crippen molar-refractivity contribution in [3.8, 4) is 11.4 Å². The fraction of sp³-hybridized carbons (Fsp3) is 0.190. The minimum atomic E-state index is -4.53. The molecular weight excluding hydrogens is 398 g/mol. The molecule has 2 N–H and O–H groups in total. The molecule has 1 aliphatic carbocycles. The lowest BCUT2D eigenvalue weighted by atomic mass is 10.1. The average Bonchev–Trinajstić information content (AvgIpc) is 3.35. The Hall–Kier alpha value is -3.49. The lowest BCUT2D eigenvalue weighted by Gasteiger charge is -2.15. The fourth-order valence-corrected chi connectivity index (χ4v) is 3.80. The summed E-state index contributed by atoms with van der Waals surface area (Å²) in [5.74, 6) is 0.298. The van der Waals surface area contributed by atoms with E-state index < -0.39 is 17.6 Å². The summed E-state index contributed by atoms with van der Waals surface area (Å²) in [7, 11) is 0. The lowest BCUT2D eigenvalue weighted by molar-refractivity contribution is -0.137. The van der Waals surface area contributed by atoms with Crippen molar-refractivity contribution >= 4 is 22.5 Å². The third kappa shape index (κ3) is 3.06. The molecule has 2 aromatic carbocycles. The van der Waals surface area contributed by atoms with Gasteiger partial charge in [-0.05, 0) is 37.5 Å². The molecule has 4 aromatic rings. The van der Waals surface area contributed by atoms with E-state index in [1.165, 1.54) is 24.3 Å². The van der Waals surface area contributed by atoms with Gasteiger partial charge in [0.05, 0.1) is 5.56 Å². The Balaban J connectivity index is 1.64. The number of para-hydroxylation sites is 1. The third-order valence-electron chi connectivity index (χ3n) is 5.19. The first kappa shape index (κ1) is 18.5. The number of anilines is 2. The molecule has 0 bridgehead atoms. The number of nitrogens with zero attached hydrogens (tertiary/aromatic N) is 3. The van der Waals surface area contributed by atoms with Crippen LogP contribution in [0.5, 0.6) is 0 Å². The summed E-state index contributed by atoms with van der Waals surface area (Å²) in [5.41, 5.74) is 0.927. The summed E-state index contributed by atoms with van der Waals surface area (Å²) in [4.78, 5) is 8.85. The first-order valence-electron chi connectivity index (χ1n) is 9.38. The second kappa shape index (κ2) is 6.79. The number of alkyl halides is 3. The number of aromatic nitrogens is 4. The Bertz CT molecular complexity index is 1260. The quantitative estimate of drug-likeness (QED) is 0.441. The summed E-state index contributed by atoms with van der Waals surface area (Å²) < 4.78 is 54.5. The fourth-order valence-electron chi connectivity index (χ4n) is 3.80. The van der Waals surface area contributed by atoms with Crippen molar-refractivity contribution in [3.63, 3.8) is 0 Å². The zero-order chi connectivity index (χ0) is 20.9. The minimum Gasteiger partial charge on any atom is -0.323 e. The van der Waals surface area contributed by atoms with E-state index in [2.05, 4.69) is 25.5 Å². The first-order valence-corrected chi connectivity index (χ1v) is 9.38. The lowest BCUT2D eigenvalue weighted by Crippen LogP contribution is -2.10. The van der Waals surface area contributed by atoms with Crippen LogP contribution in [-0.4, -0.2) is 20.2 Å². The second-order valence-corrected chi connectivity index (χ2v) is 7.08. The van der Waals surface area contributed by atoms with Gasteiger partial charge in [-0.15, -0.1) is 0 Å². The zero-order valence-electron chi connectivity index (χ0n) is 15.5. The highest BCUT2D eigenvalue weighted by Crippen LogP contribution is 2.38. The van der Waals surface area contributed by atoms with Crippen molar-refractivity contribution in [2.75, 3.05) is 5.32 Å². The van der Waals surface area contributed by atoms with Crippen LogP contribution in [0.1, 0.15) is 23.2 Å². The van der Waals surface area contributed by atoms with E-state index in [0.29, 0.717) is 35.6 Å². The van der Waals surface area contributed by atoms with Crippen LogP contribution in [0.4, 0.5) is 29.2 Å². The summed E-state index contributed by atoms with van der Waals surface area (Å²) >= 11 is 0. The second-order valence-electron chi connectivity index (χ2n) is 7.08. The smallest absolute Gasteiger partial charge is 0.323 e. The van der Waals surface area contributed by atoms with Crippen LogP contribution in [0.15, 0.2) is 42.5 Å². The van der Waals surface area contributed by atoms with E-state index >= 15 is 0 Å². The molecule has 30 heavy (non-hydrogen) atoms. The first-order chi connectivity index (χ1) is 14.4. The van der Waals surface area contributed by atoms with Crippen molar-refractivity contribution in [1.29, 1.82) is 0 Å². The molecule has 152 valence electrons. The maximum Gasteiger partial charge on any atom is 0.417 e. The van der Waals surface area contributed by atoms with E-state index in [9.17, 15) is 17.6 Å². The number of aromatic amines is 1. The molecule has 0 atom stereocenters. The molecule has 1 aliphatic rings. The largest absolute Gasteiger partial charge is 0.417 e. The zero-order valence-corrected chi connectivity index (χ0v) is 15.5. The van der Waals surface area contributed by atoms with Crippen molar-refractivity contribution in [2.45, 2.75) is 25.4 Å². The predicted octanol–water partition coefficient (Wildman–Crippen LogP) is 5.41. The number of fused-ring (bicyclic) bond motifs is 2. The summed E-state index contributed by atoms with van der Waals surface area (Å²) in [6, 6.07) is 9.82. The van der Waals surface area contributed by atoms with Crippen LogP contribution in [0.25, 0.3) is 22.3 Å². The van der Waals surface area contributed by atoms with Crippen molar-refractivity contribution < 1.29 is 17.6 Å². The number of nitrogens with one attached hydrogen (secondary N) is 2. The number of H-pyrrole nitrogens is 1. The summed E-state index contributed by atoms with van der Waals surface area (Å²) in [5, 5.41) is 10.4. The minimum absolute atomic E-state index is 0.00269. The van der Waals surface area contributed by atoms with Crippen LogP contribution in [0, 0.1) is 5.82 Å². The summed E-state index contributed by atoms with van der Waals surface area (Å²) in [6.07, 6.45) is -2.33. The molecule has 0 radical (unpaired) electrons. The molecule has 5 nitrogen and oxygen atoms in total. The monoisotopic (exact) mass is 413 g/mol. The highest BCUT2D eigenvalue weighted by atomic mass is 19.4. The van der Waals surface area contributed by atoms with E-state index in [1.54, 1.807) is 12.1 Å². The molecule has 5 rings (SSSR count). The normalized spacial score (nSPS) is 13.6. The van der Waals surface area contributed by atoms with Gasteiger partial charge in [-0.1, -0.05) is 24.3 Å². The molecule has 0 saturated heterocycles. The van der Waals surface area contributed by atoms with Gasteiger partial charge in [0.1, 0.15) is 17.2 Å². The van der Waals surface area contributed by atoms with Gasteiger partial charge in [-0.3, -0.25) is 5.10 Å². The number of rotatable bonds is 3. The molecule has 0 amide bonds. The van der Waals surface area contributed by atoms with Gasteiger partial charge in [-0.2, -0.15) is 18.3 Å². The molecule has 0 aliphatic heterocycles.